The molecule has 0 radical (unpaired) electrons. The molecule has 0 aromatic carbocycles. The fourth-order valence-electron chi connectivity index (χ4n) is 2.46. The molecule has 17 heavy (non-hydrogen) atoms. The van der Waals surface area contributed by atoms with Crippen LogP contribution in [-0.4, -0.2) is 41.0 Å². The number of hydrogen-bond donors (Lipinski definition) is 1. The molecule has 1 fully saturated rings. The van der Waals surface area contributed by atoms with Gasteiger partial charge in [-0.25, -0.2) is 0 Å². The van der Waals surface area contributed by atoms with Crippen molar-refractivity contribution in [2.45, 2.75) is 38.8 Å². The first-order valence-corrected chi connectivity index (χ1v) is 6.39. The van der Waals surface area contributed by atoms with Crippen LogP contribution in [0.15, 0.2) is 12.4 Å². The summed E-state index contributed by atoms with van der Waals surface area (Å²) in [6, 6.07) is 0.963. The second kappa shape index (κ2) is 5.56. The van der Waals surface area contributed by atoms with Gasteiger partial charge in [0.2, 0.25) is 0 Å². The summed E-state index contributed by atoms with van der Waals surface area (Å²) >= 11 is 0. The molecule has 4 heteroatoms. The first kappa shape index (κ1) is 12.5. The lowest BCUT2D eigenvalue weighted by atomic mass is 10.1. The van der Waals surface area contributed by atoms with Gasteiger partial charge in [0.25, 0.3) is 0 Å². The zero-order valence-corrected chi connectivity index (χ0v) is 11.0. The van der Waals surface area contributed by atoms with Crippen LogP contribution in [-0.2, 0) is 0 Å². The Hall–Kier alpha value is -1.00. The molecule has 1 aromatic heterocycles. The van der Waals surface area contributed by atoms with E-state index in [2.05, 4.69) is 34.2 Å². The standard InChI is InChI=1S/C13H22N4/c1-10-13(16-8-7-14-10)11(2)17(3)9-12-5-4-6-15-12/h7-8,11-12,15H,4-6,9H2,1-3H3. The van der Waals surface area contributed by atoms with Crippen molar-refractivity contribution in [3.63, 3.8) is 0 Å². The molecule has 2 atom stereocenters. The third-order valence-electron chi connectivity index (χ3n) is 3.65. The van der Waals surface area contributed by atoms with Crippen LogP contribution in [0.4, 0.5) is 0 Å². The Kier molecular flexibility index (Phi) is 4.07. The predicted molar refractivity (Wildman–Crippen MR) is 68.8 cm³/mol. The molecule has 0 saturated carbocycles. The quantitative estimate of drug-likeness (QED) is 0.858. The zero-order chi connectivity index (χ0) is 12.3. The normalized spacial score (nSPS) is 22.0. The molecule has 1 saturated heterocycles. The summed E-state index contributed by atoms with van der Waals surface area (Å²) in [6.07, 6.45) is 6.12. The molecule has 2 rings (SSSR count). The van der Waals surface area contributed by atoms with Gasteiger partial charge in [-0.2, -0.15) is 0 Å². The molecule has 0 aliphatic carbocycles. The molecule has 1 aliphatic rings. The second-order valence-corrected chi connectivity index (χ2v) is 4.94. The van der Waals surface area contributed by atoms with E-state index in [0.29, 0.717) is 12.1 Å². The fraction of sp³-hybridized carbons (Fsp3) is 0.692. The van der Waals surface area contributed by atoms with Crippen molar-refractivity contribution < 1.29 is 0 Å². The highest BCUT2D eigenvalue weighted by Gasteiger charge is 2.21. The number of aryl methyl sites for hydroxylation is 1. The summed E-state index contributed by atoms with van der Waals surface area (Å²) in [5.74, 6) is 0. The van der Waals surface area contributed by atoms with Crippen LogP contribution in [0.2, 0.25) is 0 Å². The molecule has 4 nitrogen and oxygen atoms in total. The number of likely N-dealkylation sites (N-methyl/N-ethyl adjacent to an activating group) is 1. The van der Waals surface area contributed by atoms with Crippen molar-refractivity contribution in [2.75, 3.05) is 20.1 Å². The number of nitrogens with zero attached hydrogens (tertiary/aromatic N) is 3. The van der Waals surface area contributed by atoms with Gasteiger partial charge in [0, 0.05) is 25.0 Å². The average molecular weight is 234 g/mol. The van der Waals surface area contributed by atoms with Crippen molar-refractivity contribution >= 4 is 0 Å². The molecule has 2 unspecified atom stereocenters. The van der Waals surface area contributed by atoms with Crippen LogP contribution in [0.5, 0.6) is 0 Å². The Bertz CT molecular complexity index is 360. The Morgan fingerprint density at radius 3 is 2.88 bits per heavy atom. The molecule has 1 aliphatic heterocycles. The maximum atomic E-state index is 4.45. The van der Waals surface area contributed by atoms with Gasteiger partial charge >= 0.3 is 0 Å². The Balaban J connectivity index is 1.98. The van der Waals surface area contributed by atoms with Gasteiger partial charge in [-0.1, -0.05) is 0 Å². The van der Waals surface area contributed by atoms with Crippen molar-refractivity contribution in [1.82, 2.24) is 20.2 Å². The third-order valence-corrected chi connectivity index (χ3v) is 3.65. The van der Waals surface area contributed by atoms with Crippen molar-refractivity contribution in [2.24, 2.45) is 0 Å². The van der Waals surface area contributed by atoms with Crippen LogP contribution in [0.1, 0.15) is 37.2 Å². The van der Waals surface area contributed by atoms with Gasteiger partial charge in [-0.05, 0) is 40.3 Å². The van der Waals surface area contributed by atoms with E-state index in [4.69, 9.17) is 0 Å². The summed E-state index contributed by atoms with van der Waals surface area (Å²) in [5.41, 5.74) is 2.12. The van der Waals surface area contributed by atoms with Crippen LogP contribution in [0.25, 0.3) is 0 Å². The molecule has 1 N–H and O–H groups in total. The smallest absolute Gasteiger partial charge is 0.0784 e. The number of hydrogen-bond acceptors (Lipinski definition) is 4. The number of aromatic nitrogens is 2. The zero-order valence-electron chi connectivity index (χ0n) is 11.0. The topological polar surface area (TPSA) is 41.1 Å². The number of rotatable bonds is 4. The third kappa shape index (κ3) is 3.01. The fourth-order valence-corrected chi connectivity index (χ4v) is 2.46. The van der Waals surface area contributed by atoms with Gasteiger partial charge in [0.15, 0.2) is 0 Å². The van der Waals surface area contributed by atoms with E-state index < -0.39 is 0 Å². The highest BCUT2D eigenvalue weighted by Crippen LogP contribution is 2.19. The molecular weight excluding hydrogens is 212 g/mol. The summed E-state index contributed by atoms with van der Waals surface area (Å²) in [6.45, 7) is 6.47. The predicted octanol–water partition coefficient (Wildman–Crippen LogP) is 1.53. The summed E-state index contributed by atoms with van der Waals surface area (Å²) in [7, 11) is 2.17. The molecule has 1 aromatic rings. The van der Waals surface area contributed by atoms with E-state index in [1.165, 1.54) is 12.8 Å². The van der Waals surface area contributed by atoms with E-state index in [0.717, 1.165) is 24.5 Å². The first-order valence-electron chi connectivity index (χ1n) is 6.39. The minimum atomic E-state index is 0.325. The molecule has 0 amide bonds. The summed E-state index contributed by atoms with van der Waals surface area (Å²) in [4.78, 5) is 11.1. The lowest BCUT2D eigenvalue weighted by molar-refractivity contribution is 0.233. The average Bonchev–Trinajstić information content (AvgIpc) is 2.81. The van der Waals surface area contributed by atoms with Gasteiger partial charge in [-0.15, -0.1) is 0 Å². The second-order valence-electron chi connectivity index (χ2n) is 4.94. The van der Waals surface area contributed by atoms with E-state index in [9.17, 15) is 0 Å². The van der Waals surface area contributed by atoms with E-state index >= 15 is 0 Å². The molecular formula is C13H22N4. The van der Waals surface area contributed by atoms with Crippen LogP contribution < -0.4 is 5.32 Å². The van der Waals surface area contributed by atoms with Crippen molar-refractivity contribution in [3.8, 4) is 0 Å². The van der Waals surface area contributed by atoms with E-state index in [1.807, 2.05) is 6.92 Å². The minimum absolute atomic E-state index is 0.325. The minimum Gasteiger partial charge on any atom is -0.313 e. The maximum Gasteiger partial charge on any atom is 0.0784 e. The Labute approximate surface area is 103 Å². The number of nitrogens with one attached hydrogen (secondary N) is 1. The SMILES string of the molecule is Cc1nccnc1C(C)N(C)CC1CCCN1. The van der Waals surface area contributed by atoms with Gasteiger partial charge in [0.05, 0.1) is 17.4 Å². The van der Waals surface area contributed by atoms with Crippen LogP contribution >= 0.6 is 0 Å². The molecule has 0 spiro atoms. The van der Waals surface area contributed by atoms with Gasteiger partial charge < -0.3 is 5.32 Å². The van der Waals surface area contributed by atoms with Gasteiger partial charge in [0.1, 0.15) is 0 Å². The van der Waals surface area contributed by atoms with Gasteiger partial charge in [-0.3, -0.25) is 14.9 Å². The molecule has 2 heterocycles. The largest absolute Gasteiger partial charge is 0.313 e. The highest BCUT2D eigenvalue weighted by molar-refractivity contribution is 5.12. The lowest BCUT2D eigenvalue weighted by Gasteiger charge is -2.27. The molecule has 94 valence electrons. The van der Waals surface area contributed by atoms with Crippen LogP contribution in [0, 0.1) is 6.92 Å². The van der Waals surface area contributed by atoms with Crippen molar-refractivity contribution in [1.29, 1.82) is 0 Å². The Morgan fingerprint density at radius 1 is 1.47 bits per heavy atom. The summed E-state index contributed by atoms with van der Waals surface area (Å²) < 4.78 is 0. The van der Waals surface area contributed by atoms with Crippen molar-refractivity contribution in [3.05, 3.63) is 23.8 Å². The Morgan fingerprint density at radius 2 is 2.24 bits per heavy atom. The maximum absolute atomic E-state index is 4.45. The van der Waals surface area contributed by atoms with E-state index in [1.54, 1.807) is 12.4 Å². The first-order chi connectivity index (χ1) is 8.18. The van der Waals surface area contributed by atoms with Crippen LogP contribution in [0.3, 0.4) is 0 Å². The van der Waals surface area contributed by atoms with E-state index in [-0.39, 0.29) is 0 Å². The summed E-state index contributed by atoms with van der Waals surface area (Å²) in [5, 5.41) is 3.53. The lowest BCUT2D eigenvalue weighted by Crippen LogP contribution is -2.37. The monoisotopic (exact) mass is 234 g/mol. The highest BCUT2D eigenvalue weighted by atomic mass is 15.2. The molecule has 0 bridgehead atoms.